The summed E-state index contributed by atoms with van der Waals surface area (Å²) < 4.78 is 44.5. The van der Waals surface area contributed by atoms with Crippen LogP contribution >= 0.6 is 7.14 Å². The zero-order valence-corrected chi connectivity index (χ0v) is 65.1. The summed E-state index contributed by atoms with van der Waals surface area (Å²) in [5.74, 6) is 0.476. The van der Waals surface area contributed by atoms with Gasteiger partial charge in [-0.15, -0.1) is 0 Å². The van der Waals surface area contributed by atoms with E-state index < -0.39 is 17.0 Å². The molecule has 0 spiro atoms. The molecule has 0 saturated heterocycles. The molecule has 0 bridgehead atoms. The van der Waals surface area contributed by atoms with E-state index >= 15 is 0 Å². The summed E-state index contributed by atoms with van der Waals surface area (Å²) in [5.41, 5.74) is 12.5. The fourth-order valence-electron chi connectivity index (χ4n) is 10.0. The van der Waals surface area contributed by atoms with Gasteiger partial charge in [0, 0.05) is 48.5 Å². The van der Waals surface area contributed by atoms with E-state index in [1.807, 2.05) is 135 Å². The third-order valence-electron chi connectivity index (χ3n) is 14.7. The van der Waals surface area contributed by atoms with Crippen LogP contribution in [0, 0.1) is 12.3 Å². The van der Waals surface area contributed by atoms with Crippen LogP contribution in [0.15, 0.2) is 290 Å². The van der Waals surface area contributed by atoms with Crippen LogP contribution in [0.1, 0.15) is 154 Å². The average Bonchev–Trinajstić information content (AvgIpc) is 1.76. The number of carbonyl (C=O) groups excluding carboxylic acids is 6. The van der Waals surface area contributed by atoms with Gasteiger partial charge in [-0.1, -0.05) is 306 Å². The zero-order valence-electron chi connectivity index (χ0n) is 63.4. The molecule has 0 atom stereocenters. The quantitative estimate of drug-likeness (QED) is 0.0647. The number of ketones is 4. The molecule has 103 heavy (non-hydrogen) atoms. The van der Waals surface area contributed by atoms with Crippen LogP contribution in [-0.4, -0.2) is 63.0 Å². The Labute approximate surface area is 615 Å². The molecule has 0 saturated carbocycles. The lowest BCUT2D eigenvalue weighted by Gasteiger charge is -2.31. The molecule has 10 aromatic carbocycles. The first-order valence-corrected chi connectivity index (χ1v) is 38.2. The van der Waals surface area contributed by atoms with Crippen molar-refractivity contribution in [2.75, 3.05) is 19.5 Å². The van der Waals surface area contributed by atoms with Gasteiger partial charge in [-0.05, 0) is 143 Å². The third-order valence-corrected chi connectivity index (χ3v) is 18.4. The highest BCUT2D eigenvalue weighted by atomic mass is 32.2. The molecule has 0 unspecified atom stereocenters. The summed E-state index contributed by atoms with van der Waals surface area (Å²) in [6.07, 6.45) is 3.03. The maximum Gasteiger partial charge on any atom is 0.302 e. The van der Waals surface area contributed by atoms with Gasteiger partial charge in [0.05, 0.1) is 4.90 Å². The molecule has 11 nitrogen and oxygen atoms in total. The number of hydrogen-bond donors (Lipinski definition) is 0. The number of aryl methyl sites for hydroxylation is 2. The molecule has 0 radical (unpaired) electrons. The highest BCUT2D eigenvalue weighted by Crippen LogP contribution is 2.45. The molecule has 11 rings (SSSR count). The van der Waals surface area contributed by atoms with Gasteiger partial charge in [-0.2, -0.15) is 0 Å². The average molecular weight is 1430 g/mol. The second-order valence-corrected chi connectivity index (χ2v) is 31.1. The van der Waals surface area contributed by atoms with Crippen molar-refractivity contribution in [1.29, 1.82) is 0 Å². The van der Waals surface area contributed by atoms with Crippen LogP contribution < -0.4 is 10.6 Å². The minimum Gasteiger partial charge on any atom is -0.465 e. The number of benzene rings is 10. The highest BCUT2D eigenvalue weighted by Gasteiger charge is 2.31. The van der Waals surface area contributed by atoms with Crippen LogP contribution in [0.25, 0.3) is 11.1 Å². The lowest BCUT2D eigenvalue weighted by molar-refractivity contribution is -0.142. The summed E-state index contributed by atoms with van der Waals surface area (Å²) >= 11 is 0. The van der Waals surface area contributed by atoms with Crippen LogP contribution in [0.2, 0.25) is 0 Å². The molecular formula is C90H107O11PS. The van der Waals surface area contributed by atoms with E-state index in [1.54, 1.807) is 31.2 Å². The van der Waals surface area contributed by atoms with Gasteiger partial charge in [-0.25, -0.2) is 8.42 Å². The SMILES string of the molecule is CC(=O)CC(C)(C)C.CC(=O)OCC1c2ccccc2-c2ccccc21.CC(=O)OCc1ccccc1.CC(C)=O.CC(C)=O.CC(C)=O.CC(c1ccccc1)(c1ccccc1)c1ccccc1.CCc1ccccc1.CP(=O)(c1ccccc1)c1ccccc1.Cc1ccc(S(C)(=O)=O)cc1. The Bertz CT molecular complexity index is 4030. The van der Waals surface area contributed by atoms with Crippen molar-refractivity contribution in [2.24, 2.45) is 5.41 Å². The predicted molar refractivity (Wildman–Crippen MR) is 427 cm³/mol. The van der Waals surface area contributed by atoms with Gasteiger partial charge in [0.25, 0.3) is 0 Å². The minimum atomic E-state index is -3.02. The second-order valence-electron chi connectivity index (χ2n) is 26.2. The first-order chi connectivity index (χ1) is 48.6. The lowest BCUT2D eigenvalue weighted by atomic mass is 9.71. The zero-order chi connectivity index (χ0) is 77.0. The van der Waals surface area contributed by atoms with Crippen LogP contribution in [0.3, 0.4) is 0 Å². The van der Waals surface area contributed by atoms with E-state index in [0.29, 0.717) is 24.5 Å². The van der Waals surface area contributed by atoms with E-state index in [-0.39, 0.29) is 51.8 Å². The number of fused-ring (bicyclic) bond motifs is 3. The molecule has 0 N–H and O–H groups in total. The summed E-state index contributed by atoms with van der Waals surface area (Å²) in [7, 11) is -5.42. The van der Waals surface area contributed by atoms with E-state index in [4.69, 9.17) is 9.47 Å². The second kappa shape index (κ2) is 47.2. The fourth-order valence-corrected chi connectivity index (χ4v) is 12.4. The molecule has 0 aromatic heterocycles. The molecular weight excluding hydrogens is 1320 g/mol. The summed E-state index contributed by atoms with van der Waals surface area (Å²) in [6, 6.07) is 94.9. The van der Waals surface area contributed by atoms with Crippen molar-refractivity contribution in [1.82, 2.24) is 0 Å². The maximum atomic E-state index is 12.6. The first kappa shape index (κ1) is 89.1. The molecule has 10 aromatic rings. The number of Topliss-reactive ketones (excluding diaryl/α,β-unsaturated/α-hetero) is 4. The van der Waals surface area contributed by atoms with Crippen molar-refractivity contribution >= 4 is 62.7 Å². The Morgan fingerprint density at radius 3 is 0.971 bits per heavy atom. The van der Waals surface area contributed by atoms with Gasteiger partial charge < -0.3 is 33.2 Å². The van der Waals surface area contributed by atoms with Gasteiger partial charge in [0.15, 0.2) is 9.84 Å². The summed E-state index contributed by atoms with van der Waals surface area (Å²) in [6.45, 7) is 28.8. The van der Waals surface area contributed by atoms with E-state index in [1.165, 1.54) is 106 Å². The molecule has 0 fully saturated rings. The number of rotatable bonds is 12. The van der Waals surface area contributed by atoms with Crippen molar-refractivity contribution in [3.8, 4) is 11.1 Å². The van der Waals surface area contributed by atoms with Gasteiger partial charge >= 0.3 is 11.9 Å². The monoisotopic (exact) mass is 1430 g/mol. The molecule has 0 aliphatic heterocycles. The standard InChI is InChI=1S/C20H18.C16H14O2.C13H13OP.C9H10O2.C8H10O2S.C8H10.C7H14O.3C3H6O/c1-20(17-11-5-2-6-12-17,18-13-7-3-8-14-18)19-15-9-4-10-16-19;1-11(17)18-10-16-14-8-4-2-6-12(14)13-7-3-5-9-15(13)16;1-15(14,12-8-4-2-5-9-12)13-10-6-3-7-11-13;1-8(10)11-7-9-5-3-2-4-6-9;1-7-3-5-8(6-4-7)11(2,9)10;1-2-8-6-4-3-5-7-8;1-6(8)5-7(2,3)4;3*1-3(2)4/h2-16H,1H3;2-9,16H,10H2,1H3;2-11H,1H3;2-6H,7H2,1H3;3-6H,1-2H3;3-7H,2H2,1H3;5H2,1-4H3;3*1-2H3. The molecule has 13 heteroatoms. The fraction of sp³-hybridized carbons (Fsp3) is 0.267. The Morgan fingerprint density at radius 1 is 0.408 bits per heavy atom. The van der Waals surface area contributed by atoms with Gasteiger partial charge in [0.1, 0.15) is 43.5 Å². The molecule has 0 heterocycles. The van der Waals surface area contributed by atoms with Crippen molar-refractivity contribution in [3.05, 3.63) is 330 Å². The molecule has 1 aliphatic rings. The Balaban J connectivity index is 0.000000406. The molecule has 1 aliphatic carbocycles. The third kappa shape index (κ3) is 36.4. The van der Waals surface area contributed by atoms with E-state index in [0.717, 1.165) is 28.2 Å². The van der Waals surface area contributed by atoms with Gasteiger partial charge in [-0.3, -0.25) is 9.59 Å². The minimum absolute atomic E-state index is 0.121. The highest BCUT2D eigenvalue weighted by molar-refractivity contribution is 7.90. The van der Waals surface area contributed by atoms with E-state index in [9.17, 15) is 41.8 Å². The van der Waals surface area contributed by atoms with Crippen LogP contribution in [0.5, 0.6) is 0 Å². The van der Waals surface area contributed by atoms with Crippen molar-refractivity contribution in [2.45, 2.75) is 140 Å². The lowest BCUT2D eigenvalue weighted by Crippen LogP contribution is -2.25. The van der Waals surface area contributed by atoms with Gasteiger partial charge in [0.2, 0.25) is 0 Å². The predicted octanol–water partition coefficient (Wildman–Crippen LogP) is 20.2. The topological polar surface area (TPSA) is 172 Å². The van der Waals surface area contributed by atoms with E-state index in [2.05, 4.69) is 174 Å². The number of esters is 2. The largest absolute Gasteiger partial charge is 0.465 e. The van der Waals surface area contributed by atoms with Crippen LogP contribution in [0.4, 0.5) is 0 Å². The first-order valence-electron chi connectivity index (χ1n) is 34.2. The summed E-state index contributed by atoms with van der Waals surface area (Å²) in [5, 5.41) is 1.83. The normalized spacial score (nSPS) is 10.7. The Hall–Kier alpha value is -10.0. The van der Waals surface area contributed by atoms with Crippen molar-refractivity contribution < 1.29 is 51.2 Å². The maximum absolute atomic E-state index is 12.6. The molecule has 0 amide bonds. The smallest absolute Gasteiger partial charge is 0.302 e. The number of carbonyl (C=O) groups is 6. The number of ether oxygens (including phenoxy) is 2. The Kier molecular flexibility index (Phi) is 40.9. The molecule has 544 valence electrons. The van der Waals surface area contributed by atoms with Crippen molar-refractivity contribution in [3.63, 3.8) is 0 Å². The summed E-state index contributed by atoms with van der Waals surface area (Å²) in [4.78, 5) is 60.6. The number of sulfone groups is 1. The Morgan fingerprint density at radius 2 is 0.699 bits per heavy atom. The van der Waals surface area contributed by atoms with Crippen LogP contribution in [-0.2, 0) is 71.1 Å². The number of hydrogen-bond acceptors (Lipinski definition) is 11.